The van der Waals surface area contributed by atoms with Crippen molar-refractivity contribution in [3.8, 4) is 17.1 Å². The predicted molar refractivity (Wildman–Crippen MR) is 113 cm³/mol. The Labute approximate surface area is 172 Å². The van der Waals surface area contributed by atoms with Gasteiger partial charge in [-0.2, -0.15) is 0 Å². The van der Waals surface area contributed by atoms with Crippen LogP contribution in [0.2, 0.25) is 0 Å². The molecule has 0 saturated carbocycles. The number of rotatable bonds is 5. The first kappa shape index (κ1) is 19.8. The number of hydrogen-bond acceptors (Lipinski definition) is 9. The minimum absolute atomic E-state index is 0.195. The lowest BCUT2D eigenvalue weighted by Gasteiger charge is -2.27. The van der Waals surface area contributed by atoms with Crippen LogP contribution in [0, 0.1) is 6.92 Å². The lowest BCUT2D eigenvalue weighted by molar-refractivity contribution is 0.122. The van der Waals surface area contributed by atoms with Gasteiger partial charge in [0.2, 0.25) is 21.9 Å². The monoisotopic (exact) mass is 435 g/mol. The SMILES string of the molecule is COc1ncc(-c2nc(N3CCOCC3)nc3c(C)csc23)cc1NS(C)(=O)=O. The third-order valence-electron chi connectivity index (χ3n) is 4.49. The van der Waals surface area contributed by atoms with Crippen molar-refractivity contribution in [3.63, 3.8) is 0 Å². The highest BCUT2D eigenvalue weighted by molar-refractivity contribution is 7.92. The van der Waals surface area contributed by atoms with Crippen molar-refractivity contribution in [2.45, 2.75) is 6.92 Å². The van der Waals surface area contributed by atoms with E-state index in [2.05, 4.69) is 14.6 Å². The highest BCUT2D eigenvalue weighted by atomic mass is 32.2. The van der Waals surface area contributed by atoms with E-state index in [9.17, 15) is 8.42 Å². The highest BCUT2D eigenvalue weighted by Crippen LogP contribution is 2.36. The second-order valence-corrected chi connectivity index (χ2v) is 9.35. The summed E-state index contributed by atoms with van der Waals surface area (Å²) in [4.78, 5) is 16.0. The average molecular weight is 436 g/mol. The van der Waals surface area contributed by atoms with Crippen LogP contribution >= 0.6 is 11.3 Å². The lowest BCUT2D eigenvalue weighted by atomic mass is 10.1. The average Bonchev–Trinajstić information content (AvgIpc) is 3.08. The van der Waals surface area contributed by atoms with Crippen molar-refractivity contribution in [2.75, 3.05) is 49.3 Å². The van der Waals surface area contributed by atoms with Crippen molar-refractivity contribution >= 4 is 43.2 Å². The number of hydrogen-bond donors (Lipinski definition) is 1. The molecule has 3 aromatic heterocycles. The zero-order valence-corrected chi connectivity index (χ0v) is 17.9. The Hall–Kier alpha value is -2.50. The van der Waals surface area contributed by atoms with E-state index in [-0.39, 0.29) is 11.6 Å². The Balaban J connectivity index is 1.87. The fraction of sp³-hybridized carbons (Fsp3) is 0.389. The van der Waals surface area contributed by atoms with E-state index in [0.717, 1.165) is 35.1 Å². The van der Waals surface area contributed by atoms with Crippen LogP contribution in [-0.2, 0) is 14.8 Å². The molecule has 1 aliphatic heterocycles. The third-order valence-corrected chi connectivity index (χ3v) is 6.17. The van der Waals surface area contributed by atoms with Crippen LogP contribution in [-0.4, -0.2) is 63.0 Å². The van der Waals surface area contributed by atoms with Crippen LogP contribution in [0.1, 0.15) is 5.56 Å². The first-order valence-electron chi connectivity index (χ1n) is 8.96. The van der Waals surface area contributed by atoms with Crippen molar-refractivity contribution in [1.82, 2.24) is 15.0 Å². The fourth-order valence-electron chi connectivity index (χ4n) is 3.14. The van der Waals surface area contributed by atoms with E-state index in [1.54, 1.807) is 23.6 Å². The number of sulfonamides is 1. The highest BCUT2D eigenvalue weighted by Gasteiger charge is 2.20. The van der Waals surface area contributed by atoms with Crippen molar-refractivity contribution in [2.24, 2.45) is 0 Å². The second-order valence-electron chi connectivity index (χ2n) is 6.72. The molecule has 0 unspecified atom stereocenters. The summed E-state index contributed by atoms with van der Waals surface area (Å²) in [6.07, 6.45) is 2.72. The molecule has 11 heteroatoms. The molecule has 4 rings (SSSR count). The molecular weight excluding hydrogens is 414 g/mol. The third kappa shape index (κ3) is 4.11. The first-order chi connectivity index (χ1) is 13.9. The number of nitrogens with zero attached hydrogens (tertiary/aromatic N) is 4. The molecule has 1 fully saturated rings. The number of aromatic nitrogens is 3. The number of anilines is 2. The van der Waals surface area contributed by atoms with Crippen molar-refractivity contribution in [3.05, 3.63) is 23.2 Å². The molecule has 1 N–H and O–H groups in total. The number of nitrogens with one attached hydrogen (secondary N) is 1. The summed E-state index contributed by atoms with van der Waals surface area (Å²) < 4.78 is 37.5. The van der Waals surface area contributed by atoms with E-state index < -0.39 is 10.0 Å². The van der Waals surface area contributed by atoms with Crippen molar-refractivity contribution < 1.29 is 17.9 Å². The van der Waals surface area contributed by atoms with Gasteiger partial charge in [-0.15, -0.1) is 11.3 Å². The van der Waals surface area contributed by atoms with E-state index >= 15 is 0 Å². The predicted octanol–water partition coefficient (Wildman–Crippen LogP) is 2.28. The smallest absolute Gasteiger partial charge is 0.238 e. The Morgan fingerprint density at radius 2 is 2.03 bits per heavy atom. The minimum Gasteiger partial charge on any atom is -0.480 e. The van der Waals surface area contributed by atoms with Gasteiger partial charge in [0.1, 0.15) is 5.69 Å². The number of aryl methyl sites for hydroxylation is 1. The van der Waals surface area contributed by atoms with Crippen LogP contribution in [0.5, 0.6) is 5.88 Å². The number of fused-ring (bicyclic) bond motifs is 1. The molecule has 0 atom stereocenters. The summed E-state index contributed by atoms with van der Waals surface area (Å²) in [5.41, 5.74) is 3.61. The summed E-state index contributed by atoms with van der Waals surface area (Å²) >= 11 is 1.55. The van der Waals surface area contributed by atoms with Crippen molar-refractivity contribution in [1.29, 1.82) is 0 Å². The van der Waals surface area contributed by atoms with E-state index in [4.69, 9.17) is 19.4 Å². The first-order valence-corrected chi connectivity index (χ1v) is 11.7. The molecule has 4 heterocycles. The molecule has 0 spiro atoms. The zero-order valence-electron chi connectivity index (χ0n) is 16.3. The van der Waals surface area contributed by atoms with Crippen LogP contribution in [0.25, 0.3) is 21.5 Å². The maximum Gasteiger partial charge on any atom is 0.238 e. The summed E-state index contributed by atoms with van der Waals surface area (Å²) in [7, 11) is -2.05. The van der Waals surface area contributed by atoms with Gasteiger partial charge in [-0.1, -0.05) is 0 Å². The molecule has 9 nitrogen and oxygen atoms in total. The van der Waals surface area contributed by atoms with Gasteiger partial charge >= 0.3 is 0 Å². The van der Waals surface area contributed by atoms with E-state index in [1.807, 2.05) is 12.3 Å². The largest absolute Gasteiger partial charge is 0.480 e. The number of thiophene rings is 1. The summed E-state index contributed by atoms with van der Waals surface area (Å²) in [6.45, 7) is 4.71. The molecule has 0 radical (unpaired) electrons. The number of methoxy groups -OCH3 is 1. The molecule has 0 bridgehead atoms. The van der Waals surface area contributed by atoms with Gasteiger partial charge in [0, 0.05) is 24.8 Å². The van der Waals surface area contributed by atoms with Gasteiger partial charge in [0.05, 0.1) is 42.5 Å². The standard InChI is InChI=1S/C18H21N5O4S2/c1-11-10-28-16-14(11)20-18(23-4-6-27-7-5-23)21-15(16)12-8-13(22-29(3,24)25)17(26-2)19-9-12/h8-10,22H,4-7H2,1-3H3. The Morgan fingerprint density at radius 1 is 1.28 bits per heavy atom. The number of ether oxygens (including phenoxy) is 2. The molecule has 1 aliphatic rings. The maximum absolute atomic E-state index is 11.8. The van der Waals surface area contributed by atoms with E-state index in [1.165, 1.54) is 7.11 Å². The number of morpholine rings is 1. The quantitative estimate of drug-likeness (QED) is 0.651. The minimum atomic E-state index is -3.49. The van der Waals surface area contributed by atoms with Gasteiger partial charge in [-0.3, -0.25) is 4.72 Å². The molecule has 0 amide bonds. The lowest BCUT2D eigenvalue weighted by Crippen LogP contribution is -2.37. The second kappa shape index (κ2) is 7.73. The molecule has 0 aliphatic carbocycles. The van der Waals surface area contributed by atoms with Crippen LogP contribution in [0.3, 0.4) is 0 Å². The Morgan fingerprint density at radius 3 is 2.72 bits per heavy atom. The van der Waals surface area contributed by atoms with Gasteiger partial charge in [0.15, 0.2) is 0 Å². The van der Waals surface area contributed by atoms with Crippen LogP contribution < -0.4 is 14.4 Å². The molecule has 0 aromatic carbocycles. The maximum atomic E-state index is 11.8. The Kier molecular flexibility index (Phi) is 5.28. The van der Waals surface area contributed by atoms with E-state index in [0.29, 0.717) is 30.4 Å². The molecule has 154 valence electrons. The fourth-order valence-corrected chi connectivity index (χ4v) is 4.68. The van der Waals surface area contributed by atoms with Crippen LogP contribution in [0.4, 0.5) is 11.6 Å². The summed E-state index contributed by atoms with van der Waals surface area (Å²) in [5, 5.41) is 2.04. The number of pyridine rings is 1. The summed E-state index contributed by atoms with van der Waals surface area (Å²) in [6, 6.07) is 1.69. The molecule has 1 saturated heterocycles. The molecular formula is C18H21N5O4S2. The normalized spacial score (nSPS) is 14.9. The molecule has 29 heavy (non-hydrogen) atoms. The van der Waals surface area contributed by atoms with Gasteiger partial charge in [0.25, 0.3) is 0 Å². The van der Waals surface area contributed by atoms with Crippen LogP contribution in [0.15, 0.2) is 17.6 Å². The zero-order chi connectivity index (χ0) is 20.6. The molecule has 3 aromatic rings. The summed E-state index contributed by atoms with van der Waals surface area (Å²) in [5.74, 6) is 0.825. The topological polar surface area (TPSA) is 107 Å². The van der Waals surface area contributed by atoms with Gasteiger partial charge < -0.3 is 14.4 Å². The van der Waals surface area contributed by atoms with Gasteiger partial charge in [-0.05, 0) is 23.9 Å². The van der Waals surface area contributed by atoms with Gasteiger partial charge in [-0.25, -0.2) is 23.4 Å². The Bertz CT molecular complexity index is 1160.